The summed E-state index contributed by atoms with van der Waals surface area (Å²) in [5, 5.41) is 20.2. The molecule has 0 aliphatic heterocycles. The van der Waals surface area contributed by atoms with Crippen LogP contribution in [0.15, 0.2) is 24.5 Å². The van der Waals surface area contributed by atoms with Crippen LogP contribution in [0.4, 0.5) is 4.79 Å². The lowest BCUT2D eigenvalue weighted by Gasteiger charge is -2.27. The minimum absolute atomic E-state index is 0.168. The second-order valence-electron chi connectivity index (χ2n) is 5.05. The highest BCUT2D eigenvalue weighted by atomic mass is 16.4. The predicted octanol–water partition coefficient (Wildman–Crippen LogP) is 1.37. The number of carbonyl (C=O) groups is 2. The third kappa shape index (κ3) is 5.10. The van der Waals surface area contributed by atoms with E-state index in [9.17, 15) is 9.59 Å². The van der Waals surface area contributed by atoms with Crippen molar-refractivity contribution in [3.8, 4) is 6.07 Å². The summed E-state index contributed by atoms with van der Waals surface area (Å²) in [6.45, 7) is 3.28. The molecular weight excluding hydrogens is 272 g/mol. The lowest BCUT2D eigenvalue weighted by molar-refractivity contribution is -0.143. The van der Waals surface area contributed by atoms with Crippen molar-refractivity contribution in [1.29, 1.82) is 5.26 Å². The molecular formula is C14H18N4O3. The third-order valence-corrected chi connectivity index (χ3v) is 2.83. The topological polar surface area (TPSA) is 106 Å². The van der Waals surface area contributed by atoms with E-state index in [1.165, 1.54) is 18.7 Å². The number of amides is 2. The number of rotatable bonds is 6. The maximum Gasteiger partial charge on any atom is 0.328 e. The average Bonchev–Trinajstić information content (AvgIpc) is 2.43. The van der Waals surface area contributed by atoms with Crippen molar-refractivity contribution in [1.82, 2.24) is 15.2 Å². The predicted molar refractivity (Wildman–Crippen MR) is 75.1 cm³/mol. The standard InChI is InChI=1S/C14H18N4O3/c1-14(2,12(19)20)17-13(21)18(8-4-6-15)10-11-5-3-7-16-9-11/h3,5,7,9H,4,8,10H2,1-2H3,(H,17,21)(H,19,20). The van der Waals surface area contributed by atoms with E-state index in [0.717, 1.165) is 5.56 Å². The van der Waals surface area contributed by atoms with Gasteiger partial charge in [0.05, 0.1) is 12.5 Å². The van der Waals surface area contributed by atoms with E-state index in [0.29, 0.717) is 0 Å². The number of pyridine rings is 1. The van der Waals surface area contributed by atoms with Crippen molar-refractivity contribution in [3.05, 3.63) is 30.1 Å². The average molecular weight is 290 g/mol. The molecule has 0 aromatic carbocycles. The fraction of sp³-hybridized carbons (Fsp3) is 0.429. The molecule has 1 heterocycles. The highest BCUT2D eigenvalue weighted by Gasteiger charge is 2.30. The molecule has 2 amide bonds. The first-order chi connectivity index (χ1) is 9.86. The Hall–Kier alpha value is -2.62. The van der Waals surface area contributed by atoms with Gasteiger partial charge in [-0.25, -0.2) is 9.59 Å². The number of aliphatic carboxylic acids is 1. The smallest absolute Gasteiger partial charge is 0.328 e. The van der Waals surface area contributed by atoms with Crippen molar-refractivity contribution in [2.45, 2.75) is 32.4 Å². The minimum Gasteiger partial charge on any atom is -0.480 e. The summed E-state index contributed by atoms with van der Waals surface area (Å²) in [4.78, 5) is 28.6. The highest BCUT2D eigenvalue weighted by molar-refractivity contribution is 5.85. The van der Waals surface area contributed by atoms with Gasteiger partial charge in [0.15, 0.2) is 0 Å². The number of nitriles is 1. The highest BCUT2D eigenvalue weighted by Crippen LogP contribution is 2.08. The van der Waals surface area contributed by atoms with Crippen molar-refractivity contribution in [2.75, 3.05) is 6.54 Å². The van der Waals surface area contributed by atoms with Crippen LogP contribution in [0, 0.1) is 11.3 Å². The van der Waals surface area contributed by atoms with Crippen LogP contribution in [-0.2, 0) is 11.3 Å². The first kappa shape index (κ1) is 16.4. The number of urea groups is 1. The van der Waals surface area contributed by atoms with Crippen LogP contribution in [0.3, 0.4) is 0 Å². The zero-order valence-electron chi connectivity index (χ0n) is 12.0. The van der Waals surface area contributed by atoms with E-state index >= 15 is 0 Å². The van der Waals surface area contributed by atoms with Gasteiger partial charge in [0.25, 0.3) is 0 Å². The van der Waals surface area contributed by atoms with E-state index in [-0.39, 0.29) is 19.5 Å². The summed E-state index contributed by atoms with van der Waals surface area (Å²) in [6, 6.07) is 5.00. The van der Waals surface area contributed by atoms with Gasteiger partial charge in [-0.3, -0.25) is 4.98 Å². The van der Waals surface area contributed by atoms with Crippen LogP contribution in [0.25, 0.3) is 0 Å². The van der Waals surface area contributed by atoms with Crippen molar-refractivity contribution >= 4 is 12.0 Å². The van der Waals surface area contributed by atoms with Gasteiger partial charge < -0.3 is 15.3 Å². The Kier molecular flexibility index (Phi) is 5.67. The fourth-order valence-corrected chi connectivity index (χ4v) is 1.55. The molecule has 112 valence electrons. The number of carbonyl (C=O) groups excluding carboxylic acids is 1. The van der Waals surface area contributed by atoms with Crippen LogP contribution in [0.2, 0.25) is 0 Å². The molecule has 7 nitrogen and oxygen atoms in total. The second-order valence-corrected chi connectivity index (χ2v) is 5.05. The quantitative estimate of drug-likeness (QED) is 0.823. The molecule has 0 unspecified atom stereocenters. The van der Waals surface area contributed by atoms with Crippen LogP contribution in [0.1, 0.15) is 25.8 Å². The molecule has 21 heavy (non-hydrogen) atoms. The largest absolute Gasteiger partial charge is 0.480 e. The molecule has 0 atom stereocenters. The zero-order chi connectivity index (χ0) is 15.9. The second kappa shape index (κ2) is 7.24. The molecule has 0 saturated carbocycles. The Bertz CT molecular complexity index is 537. The van der Waals surface area contributed by atoms with Gasteiger partial charge in [0.1, 0.15) is 5.54 Å². The summed E-state index contributed by atoms with van der Waals surface area (Å²) in [7, 11) is 0. The normalized spacial score (nSPS) is 10.5. The number of carboxylic acids is 1. The van der Waals surface area contributed by atoms with E-state index in [4.69, 9.17) is 10.4 Å². The number of nitrogens with zero attached hydrogens (tertiary/aromatic N) is 3. The monoisotopic (exact) mass is 290 g/mol. The Morgan fingerprint density at radius 1 is 1.52 bits per heavy atom. The molecule has 0 saturated heterocycles. The van der Waals surface area contributed by atoms with E-state index in [2.05, 4.69) is 10.3 Å². The molecule has 1 aromatic rings. The molecule has 0 aliphatic rings. The maximum atomic E-state index is 12.2. The molecule has 0 bridgehead atoms. The van der Waals surface area contributed by atoms with Gasteiger partial charge in [-0.15, -0.1) is 0 Å². The third-order valence-electron chi connectivity index (χ3n) is 2.83. The first-order valence-corrected chi connectivity index (χ1v) is 6.43. The van der Waals surface area contributed by atoms with Crippen LogP contribution < -0.4 is 5.32 Å². The van der Waals surface area contributed by atoms with E-state index < -0.39 is 17.5 Å². The number of aromatic nitrogens is 1. The molecule has 0 spiro atoms. The Morgan fingerprint density at radius 3 is 2.76 bits per heavy atom. The van der Waals surface area contributed by atoms with Crippen LogP contribution >= 0.6 is 0 Å². The Balaban J connectivity index is 2.80. The molecule has 0 fully saturated rings. The number of carboxylic acid groups (broad SMARTS) is 1. The summed E-state index contributed by atoms with van der Waals surface area (Å²) in [6.07, 6.45) is 3.41. The van der Waals surface area contributed by atoms with Gasteiger partial charge in [0, 0.05) is 25.5 Å². The molecule has 1 aromatic heterocycles. The van der Waals surface area contributed by atoms with Gasteiger partial charge in [-0.1, -0.05) is 6.07 Å². The molecule has 0 radical (unpaired) electrons. The Morgan fingerprint density at radius 2 is 2.24 bits per heavy atom. The van der Waals surface area contributed by atoms with Gasteiger partial charge in [0.2, 0.25) is 0 Å². The number of hydrogen-bond acceptors (Lipinski definition) is 4. The fourth-order valence-electron chi connectivity index (χ4n) is 1.55. The lowest BCUT2D eigenvalue weighted by Crippen LogP contribution is -2.54. The minimum atomic E-state index is -1.38. The lowest BCUT2D eigenvalue weighted by atomic mass is 10.1. The molecule has 2 N–H and O–H groups in total. The molecule has 0 aliphatic carbocycles. The number of nitrogens with one attached hydrogen (secondary N) is 1. The SMILES string of the molecule is CC(C)(NC(=O)N(CCC#N)Cc1cccnc1)C(=O)O. The maximum absolute atomic E-state index is 12.2. The van der Waals surface area contributed by atoms with Crippen LogP contribution in [0.5, 0.6) is 0 Å². The van der Waals surface area contributed by atoms with Gasteiger partial charge in [-0.05, 0) is 25.5 Å². The van der Waals surface area contributed by atoms with E-state index in [1.807, 2.05) is 12.1 Å². The molecule has 1 rings (SSSR count). The molecule has 7 heteroatoms. The summed E-state index contributed by atoms with van der Waals surface area (Å²) < 4.78 is 0. The van der Waals surface area contributed by atoms with Crippen molar-refractivity contribution < 1.29 is 14.7 Å². The van der Waals surface area contributed by atoms with Gasteiger partial charge >= 0.3 is 12.0 Å². The van der Waals surface area contributed by atoms with Crippen molar-refractivity contribution in [2.24, 2.45) is 0 Å². The van der Waals surface area contributed by atoms with Crippen molar-refractivity contribution in [3.63, 3.8) is 0 Å². The van der Waals surface area contributed by atoms with Crippen LogP contribution in [-0.4, -0.2) is 39.1 Å². The summed E-state index contributed by atoms with van der Waals surface area (Å²) in [5.74, 6) is -1.13. The van der Waals surface area contributed by atoms with E-state index in [1.54, 1.807) is 18.5 Å². The van der Waals surface area contributed by atoms with Gasteiger partial charge in [-0.2, -0.15) is 5.26 Å². The summed E-state index contributed by atoms with van der Waals surface area (Å²) in [5.41, 5.74) is -0.574. The Labute approximate surface area is 123 Å². The first-order valence-electron chi connectivity index (χ1n) is 6.43. The zero-order valence-corrected chi connectivity index (χ0v) is 12.0. The summed E-state index contributed by atoms with van der Waals surface area (Å²) >= 11 is 0. The number of hydrogen-bond donors (Lipinski definition) is 2.